The van der Waals surface area contributed by atoms with Crippen LogP contribution in [-0.2, 0) is 10.0 Å². The van der Waals surface area contributed by atoms with Gasteiger partial charge >= 0.3 is 0 Å². The van der Waals surface area contributed by atoms with Gasteiger partial charge in [-0.1, -0.05) is 47.1 Å². The lowest BCUT2D eigenvalue weighted by Crippen LogP contribution is -2.26. The highest BCUT2D eigenvalue weighted by Crippen LogP contribution is 2.30. The molecule has 8 nitrogen and oxygen atoms in total. The fourth-order valence-electron chi connectivity index (χ4n) is 4.40. The second-order valence-electron chi connectivity index (χ2n) is 9.31. The van der Waals surface area contributed by atoms with Crippen LogP contribution in [0.1, 0.15) is 36.9 Å². The number of sulfonamides is 1. The number of anilines is 1. The van der Waals surface area contributed by atoms with Crippen molar-refractivity contribution in [2.45, 2.75) is 30.6 Å². The second kappa shape index (κ2) is 11.0. The van der Waals surface area contributed by atoms with Gasteiger partial charge < -0.3 is 5.32 Å². The van der Waals surface area contributed by atoms with Gasteiger partial charge in [-0.25, -0.2) is 18.1 Å². The molecule has 2 N–H and O–H groups in total. The summed E-state index contributed by atoms with van der Waals surface area (Å²) in [5, 5.41) is 17.7. The number of fused-ring (bicyclic) bond motifs is 1. The Morgan fingerprint density at radius 2 is 1.84 bits per heavy atom. The summed E-state index contributed by atoms with van der Waals surface area (Å²) in [5.74, 6) is 0.833. The number of hydrogen-bond donors (Lipinski definition) is 2. The number of allylic oxidation sites excluding steroid dienone is 6. The van der Waals surface area contributed by atoms with Gasteiger partial charge in [0.25, 0.3) is 0 Å². The maximum absolute atomic E-state index is 12.6. The Kier molecular flexibility index (Phi) is 7.52. The zero-order chi connectivity index (χ0) is 26.7. The third-order valence-electron chi connectivity index (χ3n) is 6.63. The summed E-state index contributed by atoms with van der Waals surface area (Å²) in [5.41, 5.74) is 6.16. The Morgan fingerprint density at radius 1 is 1.11 bits per heavy atom. The molecule has 0 fully saturated rings. The molecule has 0 saturated heterocycles. The van der Waals surface area contributed by atoms with E-state index in [2.05, 4.69) is 21.2 Å². The molecule has 0 aliphatic heterocycles. The van der Waals surface area contributed by atoms with Crippen LogP contribution >= 0.6 is 11.6 Å². The molecule has 0 radical (unpaired) electrons. The molecular formula is C27H26BClN6O2S. The van der Waals surface area contributed by atoms with Crippen LogP contribution in [0.5, 0.6) is 0 Å². The van der Waals surface area contributed by atoms with Gasteiger partial charge in [0.1, 0.15) is 13.7 Å². The van der Waals surface area contributed by atoms with Crippen LogP contribution in [0.4, 0.5) is 5.82 Å². The zero-order valence-electron chi connectivity index (χ0n) is 20.9. The fourth-order valence-corrected chi connectivity index (χ4v) is 5.70. The van der Waals surface area contributed by atoms with E-state index in [4.69, 9.17) is 21.8 Å². The van der Waals surface area contributed by atoms with Gasteiger partial charge in [0.2, 0.25) is 10.0 Å². The zero-order valence-corrected chi connectivity index (χ0v) is 22.5. The van der Waals surface area contributed by atoms with Gasteiger partial charge in [-0.3, -0.25) is 0 Å². The maximum Gasteiger partial charge on any atom is 0.240 e. The van der Waals surface area contributed by atoms with Gasteiger partial charge in [0.15, 0.2) is 5.65 Å². The van der Waals surface area contributed by atoms with Gasteiger partial charge in [-0.05, 0) is 55.4 Å². The quantitative estimate of drug-likeness (QED) is 0.421. The lowest BCUT2D eigenvalue weighted by Gasteiger charge is -2.18. The van der Waals surface area contributed by atoms with E-state index in [1.165, 1.54) is 29.8 Å². The van der Waals surface area contributed by atoms with Crippen LogP contribution in [0.15, 0.2) is 81.9 Å². The molecule has 0 spiro atoms. The molecular weight excluding hydrogens is 519 g/mol. The summed E-state index contributed by atoms with van der Waals surface area (Å²) >= 11 is 6.52. The molecule has 0 saturated carbocycles. The Balaban J connectivity index is 1.27. The summed E-state index contributed by atoms with van der Waals surface area (Å²) in [7, 11) is -1.66. The lowest BCUT2D eigenvalue weighted by molar-refractivity contribution is 0.583. The van der Waals surface area contributed by atoms with Gasteiger partial charge in [-0.2, -0.15) is 14.9 Å². The lowest BCUT2D eigenvalue weighted by atomic mass is 9.98. The molecule has 2 aromatic heterocycles. The van der Waals surface area contributed by atoms with Crippen molar-refractivity contribution in [2.24, 2.45) is 0 Å². The van der Waals surface area contributed by atoms with Crippen LogP contribution in [0.25, 0.3) is 11.2 Å². The van der Waals surface area contributed by atoms with E-state index in [1.54, 1.807) is 6.20 Å². The van der Waals surface area contributed by atoms with Gasteiger partial charge in [-0.15, -0.1) is 0 Å². The smallest absolute Gasteiger partial charge is 0.240 e. The second-order valence-corrected chi connectivity index (χ2v) is 11.5. The average Bonchev–Trinajstić information content (AvgIpc) is 3.32. The van der Waals surface area contributed by atoms with Crippen LogP contribution in [-0.4, -0.2) is 44.0 Å². The third kappa shape index (κ3) is 5.60. The minimum atomic E-state index is -3.65. The Labute approximate surface area is 227 Å². The van der Waals surface area contributed by atoms with Crippen LogP contribution < -0.4 is 15.5 Å². The van der Waals surface area contributed by atoms with E-state index in [-0.39, 0.29) is 11.4 Å². The van der Waals surface area contributed by atoms with E-state index in [0.29, 0.717) is 12.1 Å². The van der Waals surface area contributed by atoms with Crippen molar-refractivity contribution in [2.75, 3.05) is 18.4 Å². The normalized spacial score (nSPS) is 15.8. The number of aromatic nitrogens is 3. The van der Waals surface area contributed by atoms with E-state index >= 15 is 0 Å². The third-order valence-corrected chi connectivity index (χ3v) is 8.44. The number of nitrogens with one attached hydrogen (secondary N) is 2. The van der Waals surface area contributed by atoms with E-state index < -0.39 is 10.0 Å². The van der Waals surface area contributed by atoms with Crippen molar-refractivity contribution in [3.8, 4) is 6.07 Å². The molecule has 0 bridgehead atoms. The largest absolute Gasteiger partial charge is 0.366 e. The molecule has 3 aromatic rings. The highest BCUT2D eigenvalue weighted by Gasteiger charge is 2.17. The first-order chi connectivity index (χ1) is 18.3. The number of nitriles is 1. The molecule has 1 aromatic carbocycles. The first kappa shape index (κ1) is 26.0. The molecule has 2 heterocycles. The van der Waals surface area contributed by atoms with E-state index in [1.807, 2.05) is 42.7 Å². The summed E-state index contributed by atoms with van der Waals surface area (Å²) in [4.78, 5) is 4.96. The van der Waals surface area contributed by atoms with Crippen LogP contribution in [0.2, 0.25) is 0 Å². The molecule has 2 aliphatic rings. The Hall–Kier alpha value is -3.65. The summed E-state index contributed by atoms with van der Waals surface area (Å²) in [6.07, 6.45) is 13.3. The molecule has 5 rings (SSSR count). The Bertz CT molecular complexity index is 1660. The summed E-state index contributed by atoms with van der Waals surface area (Å²) in [6, 6.07) is 9.85. The number of rotatable bonds is 8. The highest BCUT2D eigenvalue weighted by molar-refractivity contribution is 7.89. The number of hydrogen-bond acceptors (Lipinski definition) is 6. The average molecular weight is 545 g/mol. The predicted octanol–water partition coefficient (Wildman–Crippen LogP) is 3.20. The van der Waals surface area contributed by atoms with Crippen molar-refractivity contribution >= 4 is 52.0 Å². The van der Waals surface area contributed by atoms with Crippen molar-refractivity contribution in [3.05, 3.63) is 88.3 Å². The predicted molar refractivity (Wildman–Crippen MR) is 153 cm³/mol. The topological polar surface area (TPSA) is 112 Å². The van der Waals surface area contributed by atoms with Crippen molar-refractivity contribution < 1.29 is 8.42 Å². The summed E-state index contributed by atoms with van der Waals surface area (Å²) < 4.78 is 29.7. The fraction of sp³-hybridized carbons (Fsp3) is 0.222. The highest BCUT2D eigenvalue weighted by atomic mass is 35.5. The van der Waals surface area contributed by atoms with E-state index in [0.717, 1.165) is 64.5 Å². The summed E-state index contributed by atoms with van der Waals surface area (Å²) in [6.45, 7) is 0.866. The minimum Gasteiger partial charge on any atom is -0.366 e. The number of benzene rings is 1. The molecule has 38 heavy (non-hydrogen) atoms. The molecule has 0 unspecified atom stereocenters. The first-order valence-corrected chi connectivity index (χ1v) is 14.2. The Morgan fingerprint density at radius 3 is 2.53 bits per heavy atom. The minimum absolute atomic E-state index is 0.144. The van der Waals surface area contributed by atoms with Gasteiger partial charge in [0.05, 0.1) is 22.2 Å². The molecule has 0 atom stereocenters. The molecule has 0 amide bonds. The first-order valence-electron chi connectivity index (χ1n) is 12.4. The van der Waals surface area contributed by atoms with E-state index in [9.17, 15) is 8.42 Å². The standard InChI is InChI=1S/C27H26BClN6O2S/c28-23-17-32-35-26(13-25(34-27(23)35)22-3-1-2-4-24(22)29)31-15-19-5-7-20(8-6-19)16-33-38(36,37)21-11-9-18(14-30)10-12-21/h1,3,5,7,9-13,17,31,33H,2,4,6,8,15-16,28H2. The molecule has 192 valence electrons. The molecule has 2 aliphatic carbocycles. The van der Waals surface area contributed by atoms with Crippen molar-refractivity contribution in [3.63, 3.8) is 0 Å². The van der Waals surface area contributed by atoms with Crippen molar-refractivity contribution in [1.82, 2.24) is 19.3 Å². The monoisotopic (exact) mass is 544 g/mol. The molecule has 11 heteroatoms. The van der Waals surface area contributed by atoms with Gasteiger partial charge in [0, 0.05) is 36.0 Å². The van der Waals surface area contributed by atoms with Crippen LogP contribution in [0, 0.1) is 11.3 Å². The van der Waals surface area contributed by atoms with Crippen molar-refractivity contribution in [1.29, 1.82) is 5.26 Å². The van der Waals surface area contributed by atoms with Crippen LogP contribution in [0.3, 0.4) is 0 Å². The maximum atomic E-state index is 12.6. The number of nitrogens with zero attached hydrogens (tertiary/aromatic N) is 4. The number of halogens is 1. The SMILES string of the molecule is Bc1cnn2c(NCC3=CC=C(CNS(=O)(=O)c4ccc(C#N)cc4)CC3)cc(C3=C(Cl)CCC=C3)nc12.